The second kappa shape index (κ2) is 10.1. The van der Waals surface area contributed by atoms with Crippen LogP contribution in [0.4, 0.5) is 14.5 Å². The number of guanidine groups is 1. The summed E-state index contributed by atoms with van der Waals surface area (Å²) in [6.45, 7) is 6.72. The molecular formula is C28H33F2N5O. The van der Waals surface area contributed by atoms with Gasteiger partial charge in [0, 0.05) is 31.1 Å². The number of halogens is 2. The zero-order chi connectivity index (χ0) is 26.8. The van der Waals surface area contributed by atoms with Crippen LogP contribution < -0.4 is 11.5 Å². The van der Waals surface area contributed by atoms with E-state index in [0.29, 0.717) is 23.2 Å². The summed E-state index contributed by atoms with van der Waals surface area (Å²) in [5.74, 6) is -3.99. The first-order chi connectivity index (χ1) is 16.8. The first kappa shape index (κ1) is 26.9. The van der Waals surface area contributed by atoms with Gasteiger partial charge in [0.2, 0.25) is 5.91 Å². The van der Waals surface area contributed by atoms with Crippen LogP contribution in [-0.4, -0.2) is 29.4 Å². The number of alkyl halides is 2. The summed E-state index contributed by atoms with van der Waals surface area (Å²) in [4.78, 5) is 19.6. The lowest BCUT2D eigenvalue weighted by Crippen LogP contribution is -2.54. The van der Waals surface area contributed by atoms with Crippen LogP contribution in [0.1, 0.15) is 74.6 Å². The Balaban J connectivity index is 2.17. The number of benzene rings is 2. The van der Waals surface area contributed by atoms with Crippen LogP contribution in [0.5, 0.6) is 0 Å². The van der Waals surface area contributed by atoms with E-state index in [-0.39, 0.29) is 23.3 Å². The van der Waals surface area contributed by atoms with Crippen LogP contribution in [0.3, 0.4) is 0 Å². The molecule has 3 rings (SSSR count). The normalized spacial score (nSPS) is 21.7. The molecule has 190 valence electrons. The summed E-state index contributed by atoms with van der Waals surface area (Å²) in [6.07, 6.45) is 3.38. The van der Waals surface area contributed by atoms with Crippen molar-refractivity contribution >= 4 is 17.6 Å². The number of amides is 1. The fourth-order valence-electron chi connectivity index (χ4n) is 4.91. The number of nitrogen functional groups attached to an aromatic ring is 1. The molecule has 1 aliphatic rings. The lowest BCUT2D eigenvalue weighted by Gasteiger charge is -2.42. The molecule has 6 nitrogen and oxygen atoms in total. The van der Waals surface area contributed by atoms with Crippen molar-refractivity contribution in [2.24, 2.45) is 10.7 Å². The number of anilines is 1. The molecule has 4 N–H and O–H groups in total. The molecule has 0 saturated carbocycles. The zero-order valence-corrected chi connectivity index (χ0v) is 21.3. The van der Waals surface area contributed by atoms with Crippen LogP contribution in [0, 0.1) is 11.3 Å². The Hall–Kier alpha value is -3.73. The lowest BCUT2D eigenvalue weighted by atomic mass is 9.72. The number of carbonyl (C=O) groups excluding carboxylic acids is 1. The van der Waals surface area contributed by atoms with E-state index in [0.717, 1.165) is 24.5 Å². The lowest BCUT2D eigenvalue weighted by molar-refractivity contribution is -0.130. The summed E-state index contributed by atoms with van der Waals surface area (Å²) in [5.41, 5.74) is 14.4. The molecule has 2 aromatic rings. The third kappa shape index (κ3) is 5.11. The van der Waals surface area contributed by atoms with E-state index in [1.54, 1.807) is 25.2 Å². The number of carbonyl (C=O) groups is 1. The van der Waals surface area contributed by atoms with Crippen molar-refractivity contribution in [3.8, 4) is 6.07 Å². The van der Waals surface area contributed by atoms with Crippen molar-refractivity contribution in [1.29, 1.82) is 5.26 Å². The summed E-state index contributed by atoms with van der Waals surface area (Å²) < 4.78 is 27.7. The van der Waals surface area contributed by atoms with Crippen molar-refractivity contribution in [2.45, 2.75) is 63.8 Å². The van der Waals surface area contributed by atoms with Gasteiger partial charge in [0.25, 0.3) is 5.92 Å². The molecule has 1 unspecified atom stereocenters. The van der Waals surface area contributed by atoms with E-state index < -0.39 is 17.4 Å². The molecule has 1 amide bonds. The number of hydrogen-bond acceptors (Lipinski definition) is 5. The highest BCUT2D eigenvalue weighted by molar-refractivity contribution is 6.02. The minimum atomic E-state index is -2.99. The second-order valence-corrected chi connectivity index (χ2v) is 9.52. The van der Waals surface area contributed by atoms with E-state index in [4.69, 9.17) is 16.5 Å². The molecule has 2 aromatic carbocycles. The summed E-state index contributed by atoms with van der Waals surface area (Å²) in [6, 6.07) is 13.3. The van der Waals surface area contributed by atoms with Gasteiger partial charge in [-0.3, -0.25) is 9.69 Å². The number of nitrogens with zero attached hydrogens (tertiary/aromatic N) is 3. The van der Waals surface area contributed by atoms with E-state index >= 15 is 0 Å². The highest BCUT2D eigenvalue weighted by Gasteiger charge is 2.48. The van der Waals surface area contributed by atoms with Crippen molar-refractivity contribution in [1.82, 2.24) is 4.90 Å². The molecule has 8 heteroatoms. The molecule has 1 heterocycles. The van der Waals surface area contributed by atoms with Gasteiger partial charge in [-0.05, 0) is 54.7 Å². The first-order valence-electron chi connectivity index (χ1n) is 12.0. The van der Waals surface area contributed by atoms with Crippen LogP contribution in [0.25, 0.3) is 0 Å². The van der Waals surface area contributed by atoms with E-state index in [9.17, 15) is 18.8 Å². The Bertz CT molecular complexity index is 1240. The van der Waals surface area contributed by atoms with Gasteiger partial charge in [-0.1, -0.05) is 44.2 Å². The maximum Gasteiger partial charge on any atom is 0.270 e. The SMILES string of the molecule is CC/C(=C\C(CC)c1cc(N)cc(C#N)c1)[C@@]1(C)N=C(N)N(C)C(=O)[C@@H]1c1ccc(C(C)(F)F)cc1. The molecule has 0 radical (unpaired) electrons. The highest BCUT2D eigenvalue weighted by atomic mass is 19.3. The average molecular weight is 494 g/mol. The molecule has 0 aromatic heterocycles. The maximum absolute atomic E-state index is 13.8. The molecule has 1 aliphatic heterocycles. The standard InChI is InChI=1S/C28H33F2N5O/c1-6-18(20-12-17(16-31)13-23(32)15-20)14-21(7-2)27(3)24(25(36)35(5)26(33)34-27)19-8-10-22(11-9-19)28(4,29)30/h8-15,18,24H,6-7,32H2,1-5H3,(H2,33,34)/b21-14+/t18?,24-,27+/m0/s1. The molecule has 0 bridgehead atoms. The van der Waals surface area contributed by atoms with Gasteiger partial charge in [-0.25, -0.2) is 13.8 Å². The number of nitriles is 1. The number of hydrogen-bond donors (Lipinski definition) is 2. The van der Waals surface area contributed by atoms with Crippen molar-refractivity contribution < 1.29 is 13.6 Å². The molecule has 0 fully saturated rings. The maximum atomic E-state index is 13.8. The van der Waals surface area contributed by atoms with Gasteiger partial charge < -0.3 is 11.5 Å². The highest BCUT2D eigenvalue weighted by Crippen LogP contribution is 2.44. The fourth-order valence-corrected chi connectivity index (χ4v) is 4.91. The number of allylic oxidation sites excluding steroid dienone is 1. The van der Waals surface area contributed by atoms with Crippen LogP contribution in [0.15, 0.2) is 59.1 Å². The summed E-state index contributed by atoms with van der Waals surface area (Å²) in [7, 11) is 1.56. The fraction of sp³-hybridized carbons (Fsp3) is 0.393. The molecule has 0 saturated heterocycles. The number of rotatable bonds is 7. The Labute approximate surface area is 211 Å². The van der Waals surface area contributed by atoms with Crippen LogP contribution in [-0.2, 0) is 10.7 Å². The third-order valence-corrected chi connectivity index (χ3v) is 6.99. The van der Waals surface area contributed by atoms with E-state index in [2.05, 4.69) is 12.1 Å². The van der Waals surface area contributed by atoms with Gasteiger partial charge in [-0.15, -0.1) is 0 Å². The zero-order valence-electron chi connectivity index (χ0n) is 21.3. The van der Waals surface area contributed by atoms with Crippen molar-refractivity contribution in [3.63, 3.8) is 0 Å². The molecule has 0 aliphatic carbocycles. The molecule has 36 heavy (non-hydrogen) atoms. The van der Waals surface area contributed by atoms with Gasteiger partial charge in [0.05, 0.1) is 23.1 Å². The van der Waals surface area contributed by atoms with Gasteiger partial charge in [0.15, 0.2) is 5.96 Å². The third-order valence-electron chi connectivity index (χ3n) is 6.99. The second-order valence-electron chi connectivity index (χ2n) is 9.52. The minimum Gasteiger partial charge on any atom is -0.399 e. The largest absolute Gasteiger partial charge is 0.399 e. The predicted octanol–water partition coefficient (Wildman–Crippen LogP) is 5.41. The monoisotopic (exact) mass is 493 g/mol. The number of nitrogens with two attached hydrogens (primary N) is 2. The Morgan fingerprint density at radius 2 is 1.89 bits per heavy atom. The Morgan fingerprint density at radius 1 is 1.25 bits per heavy atom. The smallest absolute Gasteiger partial charge is 0.270 e. The summed E-state index contributed by atoms with van der Waals surface area (Å²) in [5, 5.41) is 9.39. The van der Waals surface area contributed by atoms with Crippen LogP contribution in [0.2, 0.25) is 0 Å². The molecule has 0 spiro atoms. The quantitative estimate of drug-likeness (QED) is 0.397. The predicted molar refractivity (Wildman–Crippen MR) is 139 cm³/mol. The Kier molecular flexibility index (Phi) is 7.54. The molecule has 3 atom stereocenters. The molecular weight excluding hydrogens is 460 g/mol. The van der Waals surface area contributed by atoms with Crippen molar-refractivity contribution in [2.75, 3.05) is 12.8 Å². The average Bonchev–Trinajstić information content (AvgIpc) is 2.82. The van der Waals surface area contributed by atoms with Crippen LogP contribution >= 0.6 is 0 Å². The number of likely N-dealkylation sites (N-methyl/N-ethyl adjacent to an activating group) is 1. The van der Waals surface area contributed by atoms with E-state index in [1.807, 2.05) is 32.9 Å². The van der Waals surface area contributed by atoms with Gasteiger partial charge in [-0.2, -0.15) is 5.26 Å². The Morgan fingerprint density at radius 3 is 2.42 bits per heavy atom. The van der Waals surface area contributed by atoms with Crippen molar-refractivity contribution in [3.05, 3.63) is 76.4 Å². The number of aliphatic imine (C=N–C) groups is 1. The van der Waals surface area contributed by atoms with E-state index in [1.165, 1.54) is 17.0 Å². The first-order valence-corrected chi connectivity index (χ1v) is 12.0. The minimum absolute atomic E-state index is 0.0830. The van der Waals surface area contributed by atoms with Gasteiger partial charge >= 0.3 is 0 Å². The van der Waals surface area contributed by atoms with Gasteiger partial charge in [0.1, 0.15) is 0 Å². The topological polar surface area (TPSA) is 108 Å². The summed E-state index contributed by atoms with van der Waals surface area (Å²) >= 11 is 0.